The first-order valence-electron chi connectivity index (χ1n) is 6.37. The molecule has 0 saturated carbocycles. The van der Waals surface area contributed by atoms with Gasteiger partial charge in [-0.2, -0.15) is 5.10 Å². The van der Waals surface area contributed by atoms with Crippen molar-refractivity contribution < 1.29 is 9.90 Å². The normalized spacial score (nSPS) is 11.2. The zero-order chi connectivity index (χ0) is 15.0. The van der Waals surface area contributed by atoms with Crippen LogP contribution in [0.25, 0.3) is 21.1 Å². The van der Waals surface area contributed by atoms with E-state index in [1.165, 1.54) is 22.7 Å². The number of thiophene rings is 1. The van der Waals surface area contributed by atoms with Crippen LogP contribution in [0.2, 0.25) is 0 Å². The van der Waals surface area contributed by atoms with Crippen LogP contribution in [-0.2, 0) is 0 Å². The lowest BCUT2D eigenvalue weighted by molar-refractivity contribution is 0.0697. The van der Waals surface area contributed by atoms with E-state index in [1.807, 2.05) is 16.3 Å². The molecule has 7 heteroatoms. The molecule has 3 aromatic heterocycles. The van der Waals surface area contributed by atoms with Gasteiger partial charge in [0.25, 0.3) is 0 Å². The second-order valence-corrected chi connectivity index (χ2v) is 6.61. The van der Waals surface area contributed by atoms with Gasteiger partial charge in [0.2, 0.25) is 0 Å². The number of aromatic nitrogens is 3. The van der Waals surface area contributed by atoms with Crippen molar-refractivity contribution in [1.82, 2.24) is 14.8 Å². The number of hydrogen-bond acceptors (Lipinski definition) is 5. The first kappa shape index (κ1) is 14.0. The van der Waals surface area contributed by atoms with Crippen LogP contribution in [0.5, 0.6) is 0 Å². The fourth-order valence-electron chi connectivity index (χ4n) is 1.83. The Bertz CT molecular complexity index is 786. The highest BCUT2D eigenvalue weighted by atomic mass is 32.1. The summed E-state index contributed by atoms with van der Waals surface area (Å²) in [7, 11) is 0. The summed E-state index contributed by atoms with van der Waals surface area (Å²) < 4.78 is 1.89. The fourth-order valence-corrected chi connectivity index (χ4v) is 3.55. The van der Waals surface area contributed by atoms with E-state index in [9.17, 15) is 4.79 Å². The summed E-state index contributed by atoms with van der Waals surface area (Å²) in [6.45, 7) is 4.15. The first-order chi connectivity index (χ1) is 10.0. The van der Waals surface area contributed by atoms with Gasteiger partial charge >= 0.3 is 5.97 Å². The maximum absolute atomic E-state index is 10.9. The summed E-state index contributed by atoms with van der Waals surface area (Å²) in [5, 5.41) is 17.7. The van der Waals surface area contributed by atoms with Crippen molar-refractivity contribution in [2.75, 3.05) is 0 Å². The minimum atomic E-state index is -0.911. The number of carbonyl (C=O) groups is 1. The van der Waals surface area contributed by atoms with Gasteiger partial charge in [-0.05, 0) is 19.9 Å². The second-order valence-electron chi connectivity index (χ2n) is 4.85. The number of nitrogens with zero attached hydrogens (tertiary/aromatic N) is 3. The molecule has 0 aliphatic rings. The van der Waals surface area contributed by atoms with E-state index in [4.69, 9.17) is 5.11 Å². The predicted molar refractivity (Wildman–Crippen MR) is 84.0 cm³/mol. The SMILES string of the molecule is CC(C)n1cc(-c2nc(-c3cc(C(=O)O)cs3)cs2)cn1. The van der Waals surface area contributed by atoms with E-state index >= 15 is 0 Å². The summed E-state index contributed by atoms with van der Waals surface area (Å²) in [4.78, 5) is 16.4. The van der Waals surface area contributed by atoms with Gasteiger partial charge in [-0.25, -0.2) is 9.78 Å². The summed E-state index contributed by atoms with van der Waals surface area (Å²) in [6.07, 6.45) is 3.78. The third-order valence-corrected chi connectivity index (χ3v) is 4.82. The van der Waals surface area contributed by atoms with Crippen LogP contribution >= 0.6 is 22.7 Å². The number of aromatic carboxylic acids is 1. The van der Waals surface area contributed by atoms with Crippen LogP contribution in [0.4, 0.5) is 0 Å². The van der Waals surface area contributed by atoms with Crippen molar-refractivity contribution in [1.29, 1.82) is 0 Å². The molecule has 0 aromatic carbocycles. The molecule has 0 radical (unpaired) electrons. The van der Waals surface area contributed by atoms with E-state index in [0.717, 1.165) is 21.1 Å². The van der Waals surface area contributed by atoms with E-state index < -0.39 is 5.97 Å². The Morgan fingerprint density at radius 1 is 1.33 bits per heavy atom. The second kappa shape index (κ2) is 5.42. The fraction of sp³-hybridized carbons (Fsp3) is 0.214. The van der Waals surface area contributed by atoms with Crippen molar-refractivity contribution in [3.63, 3.8) is 0 Å². The predicted octanol–water partition coefficient (Wildman–Crippen LogP) is 4.01. The van der Waals surface area contributed by atoms with Crippen molar-refractivity contribution in [3.05, 3.63) is 34.8 Å². The van der Waals surface area contributed by atoms with Gasteiger partial charge in [-0.1, -0.05) is 0 Å². The minimum absolute atomic E-state index is 0.303. The molecule has 0 spiro atoms. The third kappa shape index (κ3) is 2.74. The van der Waals surface area contributed by atoms with E-state index in [0.29, 0.717) is 11.6 Å². The van der Waals surface area contributed by atoms with Crippen LogP contribution in [-0.4, -0.2) is 25.8 Å². The van der Waals surface area contributed by atoms with Crippen LogP contribution in [0.1, 0.15) is 30.2 Å². The summed E-state index contributed by atoms with van der Waals surface area (Å²) >= 11 is 2.93. The van der Waals surface area contributed by atoms with E-state index in [1.54, 1.807) is 17.6 Å². The van der Waals surface area contributed by atoms with E-state index in [2.05, 4.69) is 23.9 Å². The molecule has 0 aliphatic carbocycles. The Morgan fingerprint density at radius 3 is 2.76 bits per heavy atom. The molecule has 0 atom stereocenters. The number of thiazole rings is 1. The molecule has 0 fully saturated rings. The first-order valence-corrected chi connectivity index (χ1v) is 8.13. The van der Waals surface area contributed by atoms with Crippen LogP contribution < -0.4 is 0 Å². The van der Waals surface area contributed by atoms with Crippen LogP contribution in [0.15, 0.2) is 29.2 Å². The third-order valence-electron chi connectivity index (χ3n) is 2.98. The highest BCUT2D eigenvalue weighted by Crippen LogP contribution is 2.32. The molecule has 21 heavy (non-hydrogen) atoms. The Labute approximate surface area is 129 Å². The van der Waals surface area contributed by atoms with Gasteiger partial charge in [-0.15, -0.1) is 22.7 Å². The van der Waals surface area contributed by atoms with Crippen LogP contribution in [0.3, 0.4) is 0 Å². The Balaban J connectivity index is 1.89. The number of carboxylic acid groups (broad SMARTS) is 1. The van der Waals surface area contributed by atoms with Crippen LogP contribution in [0, 0.1) is 0 Å². The molecular formula is C14H13N3O2S2. The van der Waals surface area contributed by atoms with Gasteiger partial charge in [-0.3, -0.25) is 4.68 Å². The lowest BCUT2D eigenvalue weighted by atomic mass is 10.3. The number of hydrogen-bond donors (Lipinski definition) is 1. The molecule has 108 valence electrons. The number of rotatable bonds is 4. The summed E-state index contributed by atoms with van der Waals surface area (Å²) in [5.41, 5.74) is 2.09. The molecule has 3 aromatic rings. The Morgan fingerprint density at radius 2 is 2.14 bits per heavy atom. The number of carboxylic acids is 1. The summed E-state index contributed by atoms with van der Waals surface area (Å²) in [6, 6.07) is 1.97. The van der Waals surface area contributed by atoms with Crippen molar-refractivity contribution in [2.24, 2.45) is 0 Å². The molecular weight excluding hydrogens is 306 g/mol. The largest absolute Gasteiger partial charge is 0.478 e. The lowest BCUT2D eigenvalue weighted by Crippen LogP contribution is -1.99. The average molecular weight is 319 g/mol. The smallest absolute Gasteiger partial charge is 0.336 e. The molecule has 3 rings (SSSR count). The van der Waals surface area contributed by atoms with Crippen molar-refractivity contribution in [3.8, 4) is 21.1 Å². The zero-order valence-electron chi connectivity index (χ0n) is 11.5. The maximum atomic E-state index is 10.9. The minimum Gasteiger partial charge on any atom is -0.478 e. The topological polar surface area (TPSA) is 68.0 Å². The van der Waals surface area contributed by atoms with Gasteiger partial charge in [0.15, 0.2) is 0 Å². The standard InChI is InChI=1S/C14H13N3O2S2/c1-8(2)17-5-10(4-15-17)13-16-11(7-21-13)12-3-9(6-20-12)14(18)19/h3-8H,1-2H3,(H,18,19). The molecule has 5 nitrogen and oxygen atoms in total. The highest BCUT2D eigenvalue weighted by molar-refractivity contribution is 7.15. The van der Waals surface area contributed by atoms with Gasteiger partial charge in [0.05, 0.1) is 22.3 Å². The van der Waals surface area contributed by atoms with Crippen molar-refractivity contribution in [2.45, 2.75) is 19.9 Å². The molecule has 0 bridgehead atoms. The Kier molecular flexibility index (Phi) is 3.60. The molecule has 3 heterocycles. The highest BCUT2D eigenvalue weighted by Gasteiger charge is 2.13. The Hall–Kier alpha value is -1.99. The monoisotopic (exact) mass is 319 g/mol. The van der Waals surface area contributed by atoms with Gasteiger partial charge in [0, 0.05) is 28.6 Å². The van der Waals surface area contributed by atoms with Gasteiger partial charge in [0.1, 0.15) is 5.01 Å². The van der Waals surface area contributed by atoms with E-state index in [-0.39, 0.29) is 0 Å². The molecule has 0 unspecified atom stereocenters. The maximum Gasteiger partial charge on any atom is 0.336 e. The van der Waals surface area contributed by atoms with Gasteiger partial charge < -0.3 is 5.11 Å². The molecule has 0 saturated heterocycles. The zero-order valence-corrected chi connectivity index (χ0v) is 13.1. The molecule has 0 aliphatic heterocycles. The summed E-state index contributed by atoms with van der Waals surface area (Å²) in [5.74, 6) is -0.911. The molecule has 1 N–H and O–H groups in total. The quantitative estimate of drug-likeness (QED) is 0.789. The molecule has 0 amide bonds. The van der Waals surface area contributed by atoms with Crippen molar-refractivity contribution >= 4 is 28.6 Å². The average Bonchev–Trinajstić information content (AvgIpc) is 3.18. The lowest BCUT2D eigenvalue weighted by Gasteiger charge is -2.02.